The van der Waals surface area contributed by atoms with Gasteiger partial charge < -0.3 is 5.32 Å². The molecule has 0 fully saturated rings. The molecule has 0 bridgehead atoms. The normalized spacial score (nSPS) is 11.7. The molecule has 1 aromatic rings. The van der Waals surface area contributed by atoms with Crippen molar-refractivity contribution in [3.05, 3.63) is 35.9 Å². The fourth-order valence-corrected chi connectivity index (χ4v) is 1.63. The van der Waals surface area contributed by atoms with Crippen molar-refractivity contribution < 1.29 is 0 Å². The topological polar surface area (TPSA) is 12.0 Å². The minimum Gasteiger partial charge on any atom is -0.313 e. The smallest absolute Gasteiger partial charge is 0.0205 e. The average molecular weight is 223 g/mol. The predicted molar refractivity (Wildman–Crippen MR) is 70.4 cm³/mol. The first kappa shape index (κ1) is 12.6. The second-order valence-electron chi connectivity index (χ2n) is 4.38. The number of thioether (sulfide) groups is 1. The van der Waals surface area contributed by atoms with Crippen LogP contribution in [0.3, 0.4) is 0 Å². The van der Waals surface area contributed by atoms with E-state index in [9.17, 15) is 0 Å². The largest absolute Gasteiger partial charge is 0.313 e. The van der Waals surface area contributed by atoms with Crippen LogP contribution < -0.4 is 5.32 Å². The monoisotopic (exact) mass is 223 g/mol. The standard InChI is InChI=1S/C13H21NS/c1-13(2,15-3)9-10-14-11-12-7-5-4-6-8-12/h4-8,14H,9-11H2,1-3H3. The van der Waals surface area contributed by atoms with E-state index in [1.54, 1.807) is 0 Å². The first-order chi connectivity index (χ1) is 7.14. The van der Waals surface area contributed by atoms with Crippen molar-refractivity contribution in [2.45, 2.75) is 31.6 Å². The molecule has 0 aliphatic rings. The number of rotatable bonds is 6. The van der Waals surface area contributed by atoms with Crippen LogP contribution in [0.2, 0.25) is 0 Å². The summed E-state index contributed by atoms with van der Waals surface area (Å²) in [7, 11) is 0. The lowest BCUT2D eigenvalue weighted by molar-refractivity contribution is 0.573. The van der Waals surface area contributed by atoms with Gasteiger partial charge in [0.1, 0.15) is 0 Å². The Balaban J connectivity index is 2.18. The number of nitrogens with one attached hydrogen (secondary N) is 1. The third kappa shape index (κ3) is 5.24. The van der Waals surface area contributed by atoms with Gasteiger partial charge in [-0.15, -0.1) is 0 Å². The van der Waals surface area contributed by atoms with Gasteiger partial charge in [-0.05, 0) is 24.8 Å². The number of hydrogen-bond acceptors (Lipinski definition) is 2. The quantitative estimate of drug-likeness (QED) is 0.743. The lowest BCUT2D eigenvalue weighted by Crippen LogP contribution is -2.23. The Kier molecular flexibility index (Phi) is 5.20. The van der Waals surface area contributed by atoms with Gasteiger partial charge in [0.25, 0.3) is 0 Å². The molecule has 0 aromatic heterocycles. The number of hydrogen-bond donors (Lipinski definition) is 1. The molecular formula is C13H21NS. The molecule has 1 nitrogen and oxygen atoms in total. The molecular weight excluding hydrogens is 202 g/mol. The van der Waals surface area contributed by atoms with E-state index in [0.29, 0.717) is 4.75 Å². The second kappa shape index (κ2) is 6.19. The minimum absolute atomic E-state index is 0.393. The maximum atomic E-state index is 3.48. The summed E-state index contributed by atoms with van der Waals surface area (Å²) in [6.07, 6.45) is 3.39. The third-order valence-corrected chi connectivity index (χ3v) is 3.94. The lowest BCUT2D eigenvalue weighted by atomic mass is 10.1. The Morgan fingerprint density at radius 2 is 1.87 bits per heavy atom. The Hall–Kier alpha value is -0.470. The molecule has 0 aliphatic heterocycles. The van der Waals surface area contributed by atoms with Gasteiger partial charge in [-0.2, -0.15) is 11.8 Å². The van der Waals surface area contributed by atoms with Crippen molar-refractivity contribution in [1.29, 1.82) is 0 Å². The molecule has 0 radical (unpaired) electrons. The Morgan fingerprint density at radius 3 is 2.47 bits per heavy atom. The van der Waals surface area contributed by atoms with E-state index in [2.05, 4.69) is 55.8 Å². The summed E-state index contributed by atoms with van der Waals surface area (Å²) in [5, 5.41) is 3.48. The Morgan fingerprint density at radius 1 is 1.20 bits per heavy atom. The molecule has 1 N–H and O–H groups in total. The van der Waals surface area contributed by atoms with E-state index in [-0.39, 0.29) is 0 Å². The van der Waals surface area contributed by atoms with Crippen molar-refractivity contribution in [2.75, 3.05) is 12.8 Å². The van der Waals surface area contributed by atoms with Crippen molar-refractivity contribution >= 4 is 11.8 Å². The van der Waals surface area contributed by atoms with E-state index in [4.69, 9.17) is 0 Å². The first-order valence-corrected chi connectivity index (χ1v) is 6.66. The zero-order valence-corrected chi connectivity index (χ0v) is 10.7. The van der Waals surface area contributed by atoms with Crippen molar-refractivity contribution in [2.24, 2.45) is 0 Å². The van der Waals surface area contributed by atoms with Crippen LogP contribution in [0.1, 0.15) is 25.8 Å². The molecule has 0 spiro atoms. The molecule has 0 amide bonds. The fourth-order valence-electron chi connectivity index (χ4n) is 1.32. The minimum atomic E-state index is 0.393. The highest BCUT2D eigenvalue weighted by molar-refractivity contribution is 7.99. The van der Waals surface area contributed by atoms with Crippen LogP contribution in [-0.4, -0.2) is 17.5 Å². The second-order valence-corrected chi connectivity index (χ2v) is 5.89. The molecule has 0 atom stereocenters. The summed E-state index contributed by atoms with van der Waals surface area (Å²) in [5.74, 6) is 0. The van der Waals surface area contributed by atoms with Crippen molar-refractivity contribution in [1.82, 2.24) is 5.32 Å². The van der Waals surface area contributed by atoms with Gasteiger partial charge in [0.05, 0.1) is 0 Å². The molecule has 0 saturated heterocycles. The van der Waals surface area contributed by atoms with Gasteiger partial charge in [0.2, 0.25) is 0 Å². The molecule has 0 aliphatic carbocycles. The zero-order valence-electron chi connectivity index (χ0n) is 9.92. The molecule has 0 unspecified atom stereocenters. The van der Waals surface area contributed by atoms with Crippen LogP contribution in [0.25, 0.3) is 0 Å². The van der Waals surface area contributed by atoms with Crippen molar-refractivity contribution in [3.8, 4) is 0 Å². The summed E-state index contributed by atoms with van der Waals surface area (Å²) >= 11 is 1.93. The van der Waals surface area contributed by atoms with E-state index < -0.39 is 0 Å². The van der Waals surface area contributed by atoms with Gasteiger partial charge in [-0.1, -0.05) is 44.2 Å². The van der Waals surface area contributed by atoms with E-state index in [1.165, 1.54) is 12.0 Å². The van der Waals surface area contributed by atoms with Crippen LogP contribution in [0, 0.1) is 0 Å². The van der Waals surface area contributed by atoms with Crippen LogP contribution in [0.5, 0.6) is 0 Å². The van der Waals surface area contributed by atoms with Gasteiger partial charge in [0.15, 0.2) is 0 Å². The number of benzene rings is 1. The zero-order chi connectivity index (χ0) is 11.1. The summed E-state index contributed by atoms with van der Waals surface area (Å²) in [4.78, 5) is 0. The lowest BCUT2D eigenvalue weighted by Gasteiger charge is -2.21. The highest BCUT2D eigenvalue weighted by Gasteiger charge is 2.14. The van der Waals surface area contributed by atoms with Gasteiger partial charge in [-0.25, -0.2) is 0 Å². The third-order valence-electron chi connectivity index (χ3n) is 2.63. The maximum Gasteiger partial charge on any atom is 0.0205 e. The molecule has 2 heteroatoms. The first-order valence-electron chi connectivity index (χ1n) is 5.44. The van der Waals surface area contributed by atoms with E-state index in [0.717, 1.165) is 13.1 Å². The average Bonchev–Trinajstić information content (AvgIpc) is 2.26. The van der Waals surface area contributed by atoms with Crippen LogP contribution in [0.15, 0.2) is 30.3 Å². The maximum absolute atomic E-state index is 3.48. The molecule has 15 heavy (non-hydrogen) atoms. The summed E-state index contributed by atoms with van der Waals surface area (Å²) in [6, 6.07) is 10.5. The van der Waals surface area contributed by atoms with Crippen LogP contribution in [0.4, 0.5) is 0 Å². The van der Waals surface area contributed by atoms with Crippen LogP contribution >= 0.6 is 11.8 Å². The summed E-state index contributed by atoms with van der Waals surface area (Å²) in [6.45, 7) is 6.65. The van der Waals surface area contributed by atoms with Crippen LogP contribution in [-0.2, 0) is 6.54 Å². The van der Waals surface area contributed by atoms with Crippen molar-refractivity contribution in [3.63, 3.8) is 0 Å². The predicted octanol–water partition coefficient (Wildman–Crippen LogP) is 3.31. The molecule has 0 saturated carbocycles. The Labute approximate surface area is 97.7 Å². The van der Waals surface area contributed by atoms with E-state index in [1.807, 2.05) is 11.8 Å². The highest BCUT2D eigenvalue weighted by Crippen LogP contribution is 2.24. The highest BCUT2D eigenvalue weighted by atomic mass is 32.2. The molecule has 1 aromatic carbocycles. The van der Waals surface area contributed by atoms with Gasteiger partial charge in [0, 0.05) is 11.3 Å². The SMILES string of the molecule is CSC(C)(C)CCNCc1ccccc1. The Bertz CT molecular complexity index is 269. The summed E-state index contributed by atoms with van der Waals surface area (Å²) in [5.41, 5.74) is 1.36. The molecule has 1 rings (SSSR count). The van der Waals surface area contributed by atoms with Gasteiger partial charge >= 0.3 is 0 Å². The summed E-state index contributed by atoms with van der Waals surface area (Å²) < 4.78 is 0.393. The molecule has 84 valence electrons. The fraction of sp³-hybridized carbons (Fsp3) is 0.538. The van der Waals surface area contributed by atoms with Gasteiger partial charge in [-0.3, -0.25) is 0 Å². The van der Waals surface area contributed by atoms with E-state index >= 15 is 0 Å². The molecule has 0 heterocycles.